The molecule has 0 fully saturated rings. The molecular weight excluding hydrogens is 292 g/mol. The van der Waals surface area contributed by atoms with E-state index >= 15 is 0 Å². The molecule has 0 saturated heterocycles. The van der Waals surface area contributed by atoms with E-state index in [1.165, 1.54) is 6.20 Å². The van der Waals surface area contributed by atoms with Crippen LogP contribution >= 0.6 is 0 Å². The van der Waals surface area contributed by atoms with Gasteiger partial charge in [-0.3, -0.25) is 4.79 Å². The maximum absolute atomic E-state index is 12.7. The van der Waals surface area contributed by atoms with Gasteiger partial charge < -0.3 is 14.7 Å². The fourth-order valence-corrected chi connectivity index (χ4v) is 2.61. The summed E-state index contributed by atoms with van der Waals surface area (Å²) in [5.41, 5.74) is 2.04. The van der Waals surface area contributed by atoms with Gasteiger partial charge in [-0.05, 0) is 31.4 Å². The second kappa shape index (κ2) is 6.36. The predicted molar refractivity (Wildman–Crippen MR) is 85.7 cm³/mol. The third kappa shape index (κ3) is 3.09. The first-order chi connectivity index (χ1) is 11.2. The number of rotatable bonds is 3. The summed E-state index contributed by atoms with van der Waals surface area (Å²) < 4.78 is 4.93. The smallest absolute Gasteiger partial charge is 0.270 e. The van der Waals surface area contributed by atoms with Crippen LogP contribution in [0, 0.1) is 18.3 Å². The van der Waals surface area contributed by atoms with E-state index in [2.05, 4.69) is 10.5 Å². The molecule has 1 amide bonds. The fraction of sp³-hybridized carbons (Fsp3) is 0.235. The van der Waals surface area contributed by atoms with E-state index in [1.54, 1.807) is 17.9 Å². The van der Waals surface area contributed by atoms with Crippen molar-refractivity contribution < 1.29 is 9.32 Å². The van der Waals surface area contributed by atoms with Crippen LogP contribution in [-0.4, -0.2) is 17.6 Å². The Labute approximate surface area is 134 Å². The van der Waals surface area contributed by atoms with Crippen LogP contribution in [0.15, 0.2) is 46.6 Å². The Kier molecular flexibility index (Phi) is 4.11. The van der Waals surface area contributed by atoms with E-state index in [9.17, 15) is 10.1 Å². The third-order valence-electron chi connectivity index (χ3n) is 3.70. The van der Waals surface area contributed by atoms with Crippen LogP contribution in [0.1, 0.15) is 17.7 Å². The number of aromatic nitrogens is 1. The first-order valence-corrected chi connectivity index (χ1v) is 7.39. The lowest BCUT2D eigenvalue weighted by atomic mass is 10.0. The number of nitrogens with one attached hydrogen (secondary N) is 1. The second-order valence-electron chi connectivity index (χ2n) is 5.33. The monoisotopic (exact) mass is 308 g/mol. The minimum atomic E-state index is -0.313. The van der Waals surface area contributed by atoms with Gasteiger partial charge in [0, 0.05) is 24.5 Å². The third-order valence-corrected chi connectivity index (χ3v) is 3.70. The van der Waals surface area contributed by atoms with E-state index in [0.29, 0.717) is 18.1 Å². The Bertz CT molecular complexity index is 801. The summed E-state index contributed by atoms with van der Waals surface area (Å²) in [5.74, 6) is 0.796. The Morgan fingerprint density at radius 2 is 2.30 bits per heavy atom. The molecule has 1 aliphatic rings. The van der Waals surface area contributed by atoms with Crippen molar-refractivity contribution >= 4 is 17.4 Å². The normalized spacial score (nSPS) is 14.1. The summed E-state index contributed by atoms with van der Waals surface area (Å²) in [6, 6.07) is 11.4. The zero-order valence-corrected chi connectivity index (χ0v) is 12.7. The second-order valence-corrected chi connectivity index (χ2v) is 5.33. The van der Waals surface area contributed by atoms with Crippen LogP contribution in [0.25, 0.3) is 0 Å². The highest BCUT2D eigenvalue weighted by molar-refractivity contribution is 6.09. The quantitative estimate of drug-likeness (QED) is 0.696. The van der Waals surface area contributed by atoms with Crippen molar-refractivity contribution in [1.82, 2.24) is 5.16 Å². The van der Waals surface area contributed by atoms with Gasteiger partial charge in [0.1, 0.15) is 17.4 Å². The number of nitrogens with zero attached hydrogens (tertiary/aromatic N) is 3. The fourth-order valence-electron chi connectivity index (χ4n) is 2.61. The van der Waals surface area contributed by atoms with Crippen molar-refractivity contribution in [3.63, 3.8) is 0 Å². The molecule has 0 radical (unpaired) electrons. The van der Waals surface area contributed by atoms with Crippen LogP contribution in [0.3, 0.4) is 0 Å². The predicted octanol–water partition coefficient (Wildman–Crippen LogP) is 2.78. The molecule has 1 aromatic heterocycles. The number of anilines is 2. The van der Waals surface area contributed by atoms with Gasteiger partial charge in [-0.2, -0.15) is 5.26 Å². The molecule has 0 saturated carbocycles. The zero-order valence-electron chi connectivity index (χ0n) is 12.7. The maximum Gasteiger partial charge on any atom is 0.270 e. The number of fused-ring (bicyclic) bond motifs is 1. The molecule has 6 heteroatoms. The van der Waals surface area contributed by atoms with Gasteiger partial charge in [-0.25, -0.2) is 0 Å². The summed E-state index contributed by atoms with van der Waals surface area (Å²) in [6.45, 7) is 2.38. The first-order valence-electron chi connectivity index (χ1n) is 7.39. The number of carbonyl (C=O) groups excluding carboxylic acids is 1. The van der Waals surface area contributed by atoms with E-state index in [-0.39, 0.29) is 11.5 Å². The van der Waals surface area contributed by atoms with Crippen molar-refractivity contribution in [2.45, 2.75) is 19.8 Å². The molecule has 0 unspecified atom stereocenters. The lowest BCUT2D eigenvalue weighted by Crippen LogP contribution is -2.36. The number of hydrogen-bond donors (Lipinski definition) is 1. The number of hydrogen-bond acceptors (Lipinski definition) is 5. The summed E-state index contributed by atoms with van der Waals surface area (Å²) >= 11 is 0. The van der Waals surface area contributed by atoms with Crippen molar-refractivity contribution in [3.8, 4) is 6.07 Å². The minimum absolute atomic E-state index is 0.0300. The number of para-hydroxylation sites is 1. The van der Waals surface area contributed by atoms with Crippen molar-refractivity contribution in [2.75, 3.05) is 16.8 Å². The highest BCUT2D eigenvalue weighted by atomic mass is 16.5. The maximum atomic E-state index is 12.7. The van der Waals surface area contributed by atoms with Crippen LogP contribution < -0.4 is 10.2 Å². The van der Waals surface area contributed by atoms with Crippen molar-refractivity contribution in [3.05, 3.63) is 53.4 Å². The number of carbonyl (C=O) groups is 1. The molecule has 1 aliphatic heterocycles. The number of nitriles is 1. The molecule has 0 aliphatic carbocycles. The van der Waals surface area contributed by atoms with Gasteiger partial charge in [0.25, 0.3) is 5.91 Å². The largest absolute Gasteiger partial charge is 0.360 e. The average Bonchev–Trinajstić information content (AvgIpc) is 3.00. The SMILES string of the molecule is Cc1cc(N/C=C(/C#N)C(=O)N2CCCc3ccccc32)no1. The molecule has 3 rings (SSSR count). The molecular formula is C17H16N4O2. The lowest BCUT2D eigenvalue weighted by Gasteiger charge is -2.29. The number of aryl methyl sites for hydroxylation is 2. The van der Waals surface area contributed by atoms with E-state index < -0.39 is 0 Å². The molecule has 1 N–H and O–H groups in total. The summed E-state index contributed by atoms with van der Waals surface area (Å²) in [5, 5.41) is 15.9. The number of benzene rings is 1. The van der Waals surface area contributed by atoms with Gasteiger partial charge in [0.2, 0.25) is 0 Å². The van der Waals surface area contributed by atoms with Crippen LogP contribution in [0.2, 0.25) is 0 Å². The van der Waals surface area contributed by atoms with Gasteiger partial charge in [0.15, 0.2) is 5.82 Å². The van der Waals surface area contributed by atoms with Crippen LogP contribution in [-0.2, 0) is 11.2 Å². The molecule has 2 heterocycles. The van der Waals surface area contributed by atoms with Gasteiger partial charge >= 0.3 is 0 Å². The van der Waals surface area contributed by atoms with Crippen molar-refractivity contribution in [1.29, 1.82) is 5.26 Å². The standard InChI is InChI=1S/C17H16N4O2/c1-12-9-16(20-23-12)19-11-14(10-18)17(22)21-8-4-6-13-5-2-3-7-15(13)21/h2-3,5,7,9,11H,4,6,8H2,1H3,(H,19,20)/b14-11-. The Balaban J connectivity index is 1.82. The van der Waals surface area contributed by atoms with Gasteiger partial charge in [0.05, 0.1) is 0 Å². The highest BCUT2D eigenvalue weighted by Gasteiger charge is 2.24. The molecule has 0 atom stereocenters. The number of amides is 1. The zero-order chi connectivity index (χ0) is 16.2. The average molecular weight is 308 g/mol. The molecule has 2 aromatic rings. The minimum Gasteiger partial charge on any atom is -0.360 e. The van der Waals surface area contributed by atoms with Gasteiger partial charge in [-0.1, -0.05) is 23.4 Å². The molecule has 1 aromatic carbocycles. The molecule has 23 heavy (non-hydrogen) atoms. The summed E-state index contributed by atoms with van der Waals surface area (Å²) in [4.78, 5) is 14.3. The van der Waals surface area contributed by atoms with Crippen molar-refractivity contribution in [2.24, 2.45) is 0 Å². The first kappa shape index (κ1) is 14.9. The Morgan fingerprint density at radius 3 is 3.04 bits per heavy atom. The molecule has 6 nitrogen and oxygen atoms in total. The summed E-state index contributed by atoms with van der Waals surface area (Å²) in [6.07, 6.45) is 3.20. The topological polar surface area (TPSA) is 82.2 Å². The Hall–Kier alpha value is -3.07. The van der Waals surface area contributed by atoms with E-state index in [4.69, 9.17) is 4.52 Å². The molecule has 0 spiro atoms. The molecule has 116 valence electrons. The Morgan fingerprint density at radius 1 is 1.48 bits per heavy atom. The molecule has 0 bridgehead atoms. The summed E-state index contributed by atoms with van der Waals surface area (Å²) in [7, 11) is 0. The van der Waals surface area contributed by atoms with Crippen LogP contribution in [0.5, 0.6) is 0 Å². The van der Waals surface area contributed by atoms with E-state index in [0.717, 1.165) is 24.1 Å². The highest BCUT2D eigenvalue weighted by Crippen LogP contribution is 2.27. The van der Waals surface area contributed by atoms with Gasteiger partial charge in [-0.15, -0.1) is 0 Å². The van der Waals surface area contributed by atoms with Crippen LogP contribution in [0.4, 0.5) is 11.5 Å². The van der Waals surface area contributed by atoms with E-state index in [1.807, 2.05) is 30.3 Å². The lowest BCUT2D eigenvalue weighted by molar-refractivity contribution is -0.114.